The predicted molar refractivity (Wildman–Crippen MR) is 101 cm³/mol. The Morgan fingerprint density at radius 1 is 1.28 bits per heavy atom. The Hall–Kier alpha value is -2.18. The SMILES string of the molecule is COc1cc(Cl)c(C)cc1NC(=O)CSC(C(=O)O)c1ccccc1. The summed E-state index contributed by atoms with van der Waals surface area (Å²) in [6.07, 6.45) is 0. The molecule has 0 aliphatic rings. The van der Waals surface area contributed by atoms with Crippen LogP contribution in [-0.4, -0.2) is 29.8 Å². The van der Waals surface area contributed by atoms with Gasteiger partial charge in [-0.1, -0.05) is 41.9 Å². The highest BCUT2D eigenvalue weighted by Crippen LogP contribution is 2.32. The minimum atomic E-state index is -0.982. The van der Waals surface area contributed by atoms with Gasteiger partial charge in [0.05, 0.1) is 18.6 Å². The van der Waals surface area contributed by atoms with Gasteiger partial charge in [-0.25, -0.2) is 0 Å². The fraction of sp³-hybridized carbons (Fsp3) is 0.222. The summed E-state index contributed by atoms with van der Waals surface area (Å²) >= 11 is 7.10. The van der Waals surface area contributed by atoms with Crippen molar-refractivity contribution in [1.29, 1.82) is 0 Å². The third-order valence-corrected chi connectivity index (χ3v) is 5.11. The molecule has 0 aliphatic carbocycles. The van der Waals surface area contributed by atoms with Gasteiger partial charge in [0.15, 0.2) is 0 Å². The predicted octanol–water partition coefficient (Wildman–Crippen LogP) is 4.15. The molecule has 2 aromatic rings. The van der Waals surface area contributed by atoms with Gasteiger partial charge in [0.25, 0.3) is 0 Å². The summed E-state index contributed by atoms with van der Waals surface area (Å²) in [5.74, 6) is -0.848. The maximum absolute atomic E-state index is 12.2. The maximum atomic E-state index is 12.2. The second kappa shape index (κ2) is 8.78. The molecule has 0 fully saturated rings. The number of thioether (sulfide) groups is 1. The van der Waals surface area contributed by atoms with Crippen LogP contribution in [0.1, 0.15) is 16.4 Å². The average Bonchev–Trinajstić information content (AvgIpc) is 2.58. The lowest BCUT2D eigenvalue weighted by Crippen LogP contribution is -2.18. The number of halogens is 1. The number of carboxylic acids is 1. The first-order valence-corrected chi connectivity index (χ1v) is 8.88. The molecule has 2 rings (SSSR count). The first kappa shape index (κ1) is 19.1. The van der Waals surface area contributed by atoms with Gasteiger partial charge < -0.3 is 15.2 Å². The van der Waals surface area contributed by atoms with Crippen LogP contribution in [0.3, 0.4) is 0 Å². The average molecular weight is 380 g/mol. The number of methoxy groups -OCH3 is 1. The van der Waals surface area contributed by atoms with Crippen LogP contribution in [0.2, 0.25) is 5.02 Å². The normalized spacial score (nSPS) is 11.6. The molecule has 2 N–H and O–H groups in total. The summed E-state index contributed by atoms with van der Waals surface area (Å²) in [6, 6.07) is 12.2. The van der Waals surface area contributed by atoms with Gasteiger partial charge in [-0.2, -0.15) is 0 Å². The van der Waals surface area contributed by atoms with Crippen molar-refractivity contribution in [3.05, 3.63) is 58.6 Å². The van der Waals surface area contributed by atoms with Gasteiger partial charge in [0.1, 0.15) is 11.0 Å². The standard InChI is InChI=1S/C18H18ClNO4S/c1-11-8-14(15(24-2)9-13(11)19)20-16(21)10-25-17(18(22)23)12-6-4-3-5-7-12/h3-9,17H,10H2,1-2H3,(H,20,21)(H,22,23). The van der Waals surface area contributed by atoms with Gasteiger partial charge in [0, 0.05) is 11.1 Å². The highest BCUT2D eigenvalue weighted by atomic mass is 35.5. The van der Waals surface area contributed by atoms with Gasteiger partial charge in [0.2, 0.25) is 5.91 Å². The first-order chi connectivity index (χ1) is 11.9. The first-order valence-electron chi connectivity index (χ1n) is 7.45. The van der Waals surface area contributed by atoms with Crippen molar-refractivity contribution in [1.82, 2.24) is 0 Å². The van der Waals surface area contributed by atoms with E-state index < -0.39 is 11.2 Å². The number of hydrogen-bond acceptors (Lipinski definition) is 4. The molecule has 7 heteroatoms. The Kier molecular flexibility index (Phi) is 6.73. The largest absolute Gasteiger partial charge is 0.495 e. The Bertz CT molecular complexity index is 767. The van der Waals surface area contributed by atoms with Crippen molar-refractivity contribution in [3.63, 3.8) is 0 Å². The molecule has 0 saturated carbocycles. The van der Waals surface area contributed by atoms with Crippen molar-refractivity contribution in [3.8, 4) is 5.75 Å². The summed E-state index contributed by atoms with van der Waals surface area (Å²) < 4.78 is 5.22. The molecular formula is C18H18ClNO4S. The van der Waals surface area contributed by atoms with Crippen LogP contribution in [0.25, 0.3) is 0 Å². The van der Waals surface area contributed by atoms with Crippen LogP contribution < -0.4 is 10.1 Å². The minimum Gasteiger partial charge on any atom is -0.495 e. The van der Waals surface area contributed by atoms with E-state index in [1.165, 1.54) is 7.11 Å². The Morgan fingerprint density at radius 2 is 1.96 bits per heavy atom. The van der Waals surface area contributed by atoms with Crippen LogP contribution in [-0.2, 0) is 9.59 Å². The quantitative estimate of drug-likeness (QED) is 0.755. The third kappa shape index (κ3) is 5.14. The fourth-order valence-electron chi connectivity index (χ4n) is 2.21. The minimum absolute atomic E-state index is 0.00328. The summed E-state index contributed by atoms with van der Waals surface area (Å²) in [6.45, 7) is 1.82. The number of ether oxygens (including phenoxy) is 1. The zero-order valence-electron chi connectivity index (χ0n) is 13.8. The second-order valence-corrected chi connectivity index (χ2v) is 6.79. The van der Waals surface area contributed by atoms with E-state index in [0.717, 1.165) is 17.3 Å². The summed E-state index contributed by atoms with van der Waals surface area (Å²) in [7, 11) is 1.49. The van der Waals surface area contributed by atoms with E-state index in [2.05, 4.69) is 5.32 Å². The van der Waals surface area contributed by atoms with Crippen molar-refractivity contribution in [2.24, 2.45) is 0 Å². The molecule has 0 aliphatic heterocycles. The number of amides is 1. The number of benzene rings is 2. The Morgan fingerprint density at radius 3 is 2.56 bits per heavy atom. The van der Waals surface area contributed by atoms with E-state index >= 15 is 0 Å². The molecule has 2 aromatic carbocycles. The van der Waals surface area contributed by atoms with E-state index in [0.29, 0.717) is 22.0 Å². The van der Waals surface area contributed by atoms with E-state index in [1.807, 2.05) is 13.0 Å². The van der Waals surface area contributed by atoms with Crippen LogP contribution in [0.15, 0.2) is 42.5 Å². The lowest BCUT2D eigenvalue weighted by Gasteiger charge is -2.14. The monoisotopic (exact) mass is 379 g/mol. The molecule has 0 bridgehead atoms. The molecule has 0 heterocycles. The van der Waals surface area contributed by atoms with Gasteiger partial charge in [-0.3, -0.25) is 9.59 Å². The summed E-state index contributed by atoms with van der Waals surface area (Å²) in [5, 5.41) is 11.9. The number of anilines is 1. The smallest absolute Gasteiger partial charge is 0.321 e. The van der Waals surface area contributed by atoms with Crippen LogP contribution in [0.4, 0.5) is 5.69 Å². The molecule has 1 amide bonds. The van der Waals surface area contributed by atoms with E-state index in [-0.39, 0.29) is 11.7 Å². The van der Waals surface area contributed by atoms with Gasteiger partial charge in [-0.05, 0) is 24.1 Å². The zero-order chi connectivity index (χ0) is 18.4. The van der Waals surface area contributed by atoms with E-state index in [9.17, 15) is 14.7 Å². The summed E-state index contributed by atoms with van der Waals surface area (Å²) in [4.78, 5) is 23.7. The number of aliphatic carboxylic acids is 1. The van der Waals surface area contributed by atoms with Crippen LogP contribution in [0, 0.1) is 6.92 Å². The number of carbonyl (C=O) groups is 2. The fourth-order valence-corrected chi connectivity index (χ4v) is 3.25. The third-order valence-electron chi connectivity index (χ3n) is 3.46. The second-order valence-electron chi connectivity index (χ2n) is 5.29. The Labute approximate surface area is 155 Å². The van der Waals surface area contributed by atoms with E-state index in [1.54, 1.807) is 36.4 Å². The van der Waals surface area contributed by atoms with Gasteiger partial charge >= 0.3 is 5.97 Å². The highest BCUT2D eigenvalue weighted by molar-refractivity contribution is 8.00. The topological polar surface area (TPSA) is 75.6 Å². The molecule has 0 saturated heterocycles. The molecule has 5 nitrogen and oxygen atoms in total. The zero-order valence-corrected chi connectivity index (χ0v) is 15.4. The van der Waals surface area contributed by atoms with Crippen LogP contribution in [0.5, 0.6) is 5.75 Å². The lowest BCUT2D eigenvalue weighted by molar-refractivity contribution is -0.136. The lowest BCUT2D eigenvalue weighted by atomic mass is 10.1. The number of nitrogens with one attached hydrogen (secondary N) is 1. The summed E-state index contributed by atoms with van der Waals surface area (Å²) in [5.41, 5.74) is 1.95. The van der Waals surface area contributed by atoms with Crippen molar-refractivity contribution < 1.29 is 19.4 Å². The molecule has 0 radical (unpaired) electrons. The number of hydrogen-bond donors (Lipinski definition) is 2. The van der Waals surface area contributed by atoms with Crippen molar-refractivity contribution in [2.45, 2.75) is 12.2 Å². The molecular weight excluding hydrogens is 362 g/mol. The molecule has 1 unspecified atom stereocenters. The van der Waals surface area contributed by atoms with E-state index in [4.69, 9.17) is 16.3 Å². The number of rotatable bonds is 7. The number of carbonyl (C=O) groups excluding carboxylic acids is 1. The molecule has 1 atom stereocenters. The molecule has 132 valence electrons. The molecule has 0 aromatic heterocycles. The molecule has 25 heavy (non-hydrogen) atoms. The Balaban J connectivity index is 2.05. The van der Waals surface area contributed by atoms with Crippen molar-refractivity contribution >= 4 is 40.9 Å². The highest BCUT2D eigenvalue weighted by Gasteiger charge is 2.21. The molecule has 0 spiro atoms. The van der Waals surface area contributed by atoms with Gasteiger partial charge in [-0.15, -0.1) is 11.8 Å². The number of aryl methyl sites for hydroxylation is 1. The maximum Gasteiger partial charge on any atom is 0.321 e. The number of carboxylic acid groups (broad SMARTS) is 1. The van der Waals surface area contributed by atoms with Crippen LogP contribution >= 0.6 is 23.4 Å². The van der Waals surface area contributed by atoms with Crippen molar-refractivity contribution in [2.75, 3.05) is 18.2 Å².